The van der Waals surface area contributed by atoms with Crippen LogP contribution >= 0.6 is 0 Å². The van der Waals surface area contributed by atoms with Gasteiger partial charge in [-0.25, -0.2) is 14.2 Å². The highest BCUT2D eigenvalue weighted by atomic mass is 19.1. The van der Waals surface area contributed by atoms with Crippen LogP contribution in [0.25, 0.3) is 0 Å². The Hall–Kier alpha value is -2.17. The minimum absolute atomic E-state index is 0.123. The quantitative estimate of drug-likeness (QED) is 0.783. The Morgan fingerprint density at radius 3 is 2.67 bits per heavy atom. The Bertz CT molecular complexity index is 548. The van der Waals surface area contributed by atoms with E-state index in [0.717, 1.165) is 5.56 Å². The summed E-state index contributed by atoms with van der Waals surface area (Å²) in [6, 6.07) is 6.02. The van der Waals surface area contributed by atoms with Crippen LogP contribution in [0.1, 0.15) is 29.0 Å². The standard InChI is InChI=1S/C13H13FN2O2/c1-9(10-3-5-11(14)6-4-10)16-8-15-7-12(16)13(17)18-2/h3-9H,1-2H3. The van der Waals surface area contributed by atoms with Crippen molar-refractivity contribution in [1.29, 1.82) is 0 Å². The van der Waals surface area contributed by atoms with Gasteiger partial charge in [0.25, 0.3) is 0 Å². The van der Waals surface area contributed by atoms with Crippen LogP contribution in [0.2, 0.25) is 0 Å². The Labute approximate surface area is 104 Å². The maximum atomic E-state index is 12.9. The number of halogens is 1. The van der Waals surface area contributed by atoms with Crippen LogP contribution in [0.15, 0.2) is 36.8 Å². The number of hydrogen-bond acceptors (Lipinski definition) is 3. The van der Waals surface area contributed by atoms with Gasteiger partial charge in [0.15, 0.2) is 0 Å². The van der Waals surface area contributed by atoms with Crippen molar-refractivity contribution in [3.63, 3.8) is 0 Å². The molecule has 0 spiro atoms. The van der Waals surface area contributed by atoms with E-state index in [1.54, 1.807) is 23.0 Å². The lowest BCUT2D eigenvalue weighted by Crippen LogP contribution is -2.14. The Balaban J connectivity index is 2.34. The molecule has 0 saturated carbocycles. The molecule has 1 atom stereocenters. The van der Waals surface area contributed by atoms with Gasteiger partial charge in [0.2, 0.25) is 0 Å². The van der Waals surface area contributed by atoms with Gasteiger partial charge in [0.1, 0.15) is 11.5 Å². The van der Waals surface area contributed by atoms with E-state index in [1.165, 1.54) is 25.4 Å². The summed E-state index contributed by atoms with van der Waals surface area (Å²) < 4.78 is 19.2. The number of esters is 1. The molecule has 2 aromatic rings. The lowest BCUT2D eigenvalue weighted by atomic mass is 10.1. The van der Waals surface area contributed by atoms with Gasteiger partial charge in [-0.1, -0.05) is 12.1 Å². The second-order valence-electron chi connectivity index (χ2n) is 3.91. The van der Waals surface area contributed by atoms with Gasteiger partial charge in [-0.15, -0.1) is 0 Å². The second kappa shape index (κ2) is 5.00. The van der Waals surface area contributed by atoms with E-state index in [4.69, 9.17) is 0 Å². The fourth-order valence-electron chi connectivity index (χ4n) is 1.78. The van der Waals surface area contributed by atoms with Crippen LogP contribution in [-0.2, 0) is 4.74 Å². The van der Waals surface area contributed by atoms with Gasteiger partial charge in [-0.05, 0) is 24.6 Å². The summed E-state index contributed by atoms with van der Waals surface area (Å²) in [5, 5.41) is 0. The third-order valence-corrected chi connectivity index (χ3v) is 2.83. The zero-order valence-corrected chi connectivity index (χ0v) is 10.1. The number of imidazole rings is 1. The molecule has 2 rings (SSSR count). The molecule has 18 heavy (non-hydrogen) atoms. The summed E-state index contributed by atoms with van der Waals surface area (Å²) in [7, 11) is 1.32. The first-order chi connectivity index (χ1) is 8.63. The number of carbonyl (C=O) groups excluding carboxylic acids is 1. The Morgan fingerprint density at radius 1 is 1.39 bits per heavy atom. The molecule has 0 amide bonds. The zero-order chi connectivity index (χ0) is 13.1. The van der Waals surface area contributed by atoms with Crippen LogP contribution in [0.4, 0.5) is 4.39 Å². The van der Waals surface area contributed by atoms with E-state index in [0.29, 0.717) is 5.69 Å². The molecule has 0 aliphatic carbocycles. The predicted molar refractivity (Wildman–Crippen MR) is 63.8 cm³/mol. The highest BCUT2D eigenvalue weighted by Gasteiger charge is 2.17. The highest BCUT2D eigenvalue weighted by Crippen LogP contribution is 2.20. The molecule has 0 N–H and O–H groups in total. The summed E-state index contributed by atoms with van der Waals surface area (Å²) in [6.45, 7) is 1.90. The number of aromatic nitrogens is 2. The monoisotopic (exact) mass is 248 g/mol. The molecule has 1 heterocycles. The van der Waals surface area contributed by atoms with Crippen molar-refractivity contribution < 1.29 is 13.9 Å². The van der Waals surface area contributed by atoms with Gasteiger partial charge in [0.05, 0.1) is 25.7 Å². The molecule has 4 nitrogen and oxygen atoms in total. The van der Waals surface area contributed by atoms with Crippen molar-refractivity contribution in [2.75, 3.05) is 7.11 Å². The molecule has 0 bridgehead atoms. The van der Waals surface area contributed by atoms with Gasteiger partial charge < -0.3 is 9.30 Å². The van der Waals surface area contributed by atoms with E-state index in [1.807, 2.05) is 6.92 Å². The van der Waals surface area contributed by atoms with E-state index in [2.05, 4.69) is 9.72 Å². The van der Waals surface area contributed by atoms with Crippen molar-refractivity contribution in [2.45, 2.75) is 13.0 Å². The number of hydrogen-bond donors (Lipinski definition) is 0. The number of carbonyl (C=O) groups is 1. The molecular formula is C13H13FN2O2. The largest absolute Gasteiger partial charge is 0.464 e. The molecule has 5 heteroatoms. The van der Waals surface area contributed by atoms with E-state index in [-0.39, 0.29) is 11.9 Å². The SMILES string of the molecule is COC(=O)c1cncn1C(C)c1ccc(F)cc1. The van der Waals surface area contributed by atoms with Gasteiger partial charge in [-0.3, -0.25) is 0 Å². The lowest BCUT2D eigenvalue weighted by molar-refractivity contribution is 0.0587. The number of methoxy groups -OCH3 is 1. The van der Waals surface area contributed by atoms with E-state index < -0.39 is 5.97 Å². The summed E-state index contributed by atoms with van der Waals surface area (Å²) in [6.07, 6.45) is 3.01. The average Bonchev–Trinajstić information content (AvgIpc) is 2.87. The van der Waals surface area contributed by atoms with Gasteiger partial charge in [-0.2, -0.15) is 0 Å². The second-order valence-corrected chi connectivity index (χ2v) is 3.91. The lowest BCUT2D eigenvalue weighted by Gasteiger charge is -2.15. The fourth-order valence-corrected chi connectivity index (χ4v) is 1.78. The zero-order valence-electron chi connectivity index (χ0n) is 10.1. The molecular weight excluding hydrogens is 235 g/mol. The van der Waals surface area contributed by atoms with Crippen molar-refractivity contribution in [2.24, 2.45) is 0 Å². The number of rotatable bonds is 3. The predicted octanol–water partition coefficient (Wildman–Crippen LogP) is 2.42. The van der Waals surface area contributed by atoms with Crippen molar-refractivity contribution >= 4 is 5.97 Å². The van der Waals surface area contributed by atoms with E-state index >= 15 is 0 Å². The minimum atomic E-state index is -0.443. The summed E-state index contributed by atoms with van der Waals surface area (Å²) >= 11 is 0. The molecule has 0 fully saturated rings. The normalized spacial score (nSPS) is 12.2. The minimum Gasteiger partial charge on any atom is -0.464 e. The Kier molecular flexibility index (Phi) is 3.41. The molecule has 1 aromatic heterocycles. The first-order valence-corrected chi connectivity index (χ1v) is 5.49. The van der Waals surface area contributed by atoms with Crippen LogP contribution < -0.4 is 0 Å². The molecule has 0 aliphatic rings. The number of nitrogens with zero attached hydrogens (tertiary/aromatic N) is 2. The summed E-state index contributed by atoms with van der Waals surface area (Å²) in [5.41, 5.74) is 1.26. The van der Waals surface area contributed by atoms with Crippen LogP contribution in [0.5, 0.6) is 0 Å². The first kappa shape index (κ1) is 12.3. The first-order valence-electron chi connectivity index (χ1n) is 5.49. The molecule has 1 unspecified atom stereocenters. The molecule has 1 aromatic carbocycles. The Morgan fingerprint density at radius 2 is 2.06 bits per heavy atom. The van der Waals surface area contributed by atoms with Crippen molar-refractivity contribution in [3.8, 4) is 0 Å². The topological polar surface area (TPSA) is 44.1 Å². The van der Waals surface area contributed by atoms with Gasteiger partial charge >= 0.3 is 5.97 Å². The number of ether oxygens (including phenoxy) is 1. The number of benzene rings is 1. The molecule has 0 radical (unpaired) electrons. The summed E-state index contributed by atoms with van der Waals surface area (Å²) in [5.74, 6) is -0.730. The third kappa shape index (κ3) is 2.25. The fraction of sp³-hybridized carbons (Fsp3) is 0.231. The molecule has 0 saturated heterocycles. The highest BCUT2D eigenvalue weighted by molar-refractivity contribution is 5.87. The molecule has 94 valence electrons. The van der Waals surface area contributed by atoms with Crippen molar-refractivity contribution in [1.82, 2.24) is 9.55 Å². The maximum Gasteiger partial charge on any atom is 0.356 e. The smallest absolute Gasteiger partial charge is 0.356 e. The molecule has 0 aliphatic heterocycles. The van der Waals surface area contributed by atoms with Crippen LogP contribution in [-0.4, -0.2) is 22.6 Å². The van der Waals surface area contributed by atoms with Crippen LogP contribution in [0, 0.1) is 5.82 Å². The maximum absolute atomic E-state index is 12.9. The van der Waals surface area contributed by atoms with Crippen molar-refractivity contribution in [3.05, 3.63) is 53.9 Å². The van der Waals surface area contributed by atoms with E-state index in [9.17, 15) is 9.18 Å². The summed E-state index contributed by atoms with van der Waals surface area (Å²) in [4.78, 5) is 15.5. The van der Waals surface area contributed by atoms with Crippen LogP contribution in [0.3, 0.4) is 0 Å². The third-order valence-electron chi connectivity index (χ3n) is 2.83. The average molecular weight is 248 g/mol. The van der Waals surface area contributed by atoms with Gasteiger partial charge in [0, 0.05) is 0 Å².